The molecule has 2 N–H and O–H groups in total. The fraction of sp³-hybridized carbons (Fsp3) is 0.650. The molecule has 0 bridgehead atoms. The van der Waals surface area contributed by atoms with Crippen LogP contribution in [0.2, 0.25) is 0 Å². The van der Waals surface area contributed by atoms with E-state index in [0.29, 0.717) is 31.0 Å². The molecule has 0 aliphatic heterocycles. The van der Waals surface area contributed by atoms with Gasteiger partial charge in [-0.15, -0.1) is 0 Å². The van der Waals surface area contributed by atoms with Gasteiger partial charge >= 0.3 is 0 Å². The van der Waals surface area contributed by atoms with Gasteiger partial charge in [0, 0.05) is 31.3 Å². The van der Waals surface area contributed by atoms with Crippen LogP contribution in [-0.2, 0) is 6.54 Å². The number of nitrogens with zero attached hydrogens (tertiary/aromatic N) is 1. The Hall–Kier alpha value is -1.39. The second-order valence-corrected chi connectivity index (χ2v) is 7.58. The summed E-state index contributed by atoms with van der Waals surface area (Å²) in [5.41, 5.74) is 1.92. The van der Waals surface area contributed by atoms with Gasteiger partial charge in [0.05, 0.1) is 0 Å². The average Bonchev–Trinajstić information content (AvgIpc) is 2.59. The van der Waals surface area contributed by atoms with Crippen LogP contribution in [-0.4, -0.2) is 42.2 Å². The molecule has 0 saturated heterocycles. The van der Waals surface area contributed by atoms with E-state index in [1.807, 2.05) is 18.2 Å². The lowest BCUT2D eigenvalue weighted by Gasteiger charge is -2.34. The Morgan fingerprint density at radius 1 is 1.29 bits per heavy atom. The Morgan fingerprint density at radius 2 is 2.00 bits per heavy atom. The quantitative estimate of drug-likeness (QED) is 0.807. The summed E-state index contributed by atoms with van der Waals surface area (Å²) in [4.78, 5) is 14.6. The van der Waals surface area contributed by atoms with Crippen molar-refractivity contribution in [3.63, 3.8) is 0 Å². The van der Waals surface area contributed by atoms with Crippen molar-refractivity contribution >= 4 is 5.91 Å². The second-order valence-electron chi connectivity index (χ2n) is 7.58. The first-order valence-electron chi connectivity index (χ1n) is 9.17. The number of carbonyl (C=O) groups excluding carboxylic acids is 1. The van der Waals surface area contributed by atoms with E-state index < -0.39 is 0 Å². The molecule has 1 saturated carbocycles. The number of nitrogens with one attached hydrogen (secondary N) is 1. The van der Waals surface area contributed by atoms with Crippen LogP contribution in [0, 0.1) is 11.8 Å². The molecule has 4 heteroatoms. The zero-order valence-electron chi connectivity index (χ0n) is 15.3. The highest BCUT2D eigenvalue weighted by molar-refractivity contribution is 5.94. The van der Waals surface area contributed by atoms with E-state index in [-0.39, 0.29) is 5.91 Å². The van der Waals surface area contributed by atoms with Crippen LogP contribution in [0.4, 0.5) is 0 Å². The molecular weight excluding hydrogens is 300 g/mol. The summed E-state index contributed by atoms with van der Waals surface area (Å²) in [5, 5.41) is 12.2. The van der Waals surface area contributed by atoms with E-state index in [4.69, 9.17) is 0 Å². The highest BCUT2D eigenvalue weighted by atomic mass is 16.3. The summed E-state index contributed by atoms with van der Waals surface area (Å²) in [6.07, 6.45) is 4.53. The minimum atomic E-state index is 0.0108. The second kappa shape index (κ2) is 9.19. The minimum Gasteiger partial charge on any atom is -0.396 e. The molecule has 0 spiro atoms. The molecule has 1 aromatic carbocycles. The molecule has 0 unspecified atom stereocenters. The van der Waals surface area contributed by atoms with Crippen LogP contribution < -0.4 is 5.32 Å². The first kappa shape index (κ1) is 18.9. The first-order valence-corrected chi connectivity index (χ1v) is 9.17. The molecule has 0 radical (unpaired) electrons. The largest absolute Gasteiger partial charge is 0.396 e. The van der Waals surface area contributed by atoms with Gasteiger partial charge in [-0.25, -0.2) is 0 Å². The third-order valence-electron chi connectivity index (χ3n) is 4.99. The number of carbonyl (C=O) groups is 1. The van der Waals surface area contributed by atoms with Gasteiger partial charge in [0.15, 0.2) is 0 Å². The third kappa shape index (κ3) is 5.60. The molecule has 1 fully saturated rings. The number of aliphatic hydroxyl groups is 1. The molecule has 1 amide bonds. The Balaban J connectivity index is 1.90. The first-order chi connectivity index (χ1) is 11.5. The standard InChI is InChI=1S/C20H32N2O2/c1-15(2)12-21-20(24)18-6-4-5-17(11-18)13-22(3)19-9-7-16(14-23)8-10-19/h4-6,11,15-16,19,23H,7-10,12-14H2,1-3H3,(H,21,24). The van der Waals surface area contributed by atoms with Crippen LogP contribution in [0.5, 0.6) is 0 Å². The van der Waals surface area contributed by atoms with Gasteiger partial charge in [0.1, 0.15) is 0 Å². The number of rotatable bonds is 7. The van der Waals surface area contributed by atoms with Crippen molar-refractivity contribution in [2.45, 2.75) is 52.1 Å². The van der Waals surface area contributed by atoms with Crippen LogP contribution in [0.1, 0.15) is 55.5 Å². The van der Waals surface area contributed by atoms with Gasteiger partial charge in [-0.3, -0.25) is 9.69 Å². The molecule has 1 aromatic rings. The van der Waals surface area contributed by atoms with Gasteiger partial charge in [-0.2, -0.15) is 0 Å². The molecule has 2 rings (SSSR count). The Morgan fingerprint density at radius 3 is 2.62 bits per heavy atom. The number of hydrogen-bond acceptors (Lipinski definition) is 3. The summed E-state index contributed by atoms with van der Waals surface area (Å²) < 4.78 is 0. The molecule has 0 atom stereocenters. The monoisotopic (exact) mass is 332 g/mol. The van der Waals surface area contributed by atoms with Crippen molar-refractivity contribution in [2.24, 2.45) is 11.8 Å². The summed E-state index contributed by atoms with van der Waals surface area (Å²) in [6.45, 7) is 6.08. The fourth-order valence-corrected chi connectivity index (χ4v) is 3.40. The predicted octanol–water partition coefficient (Wildman–Crippen LogP) is 3.06. The number of hydrogen-bond donors (Lipinski definition) is 2. The molecule has 0 aromatic heterocycles. The van der Waals surface area contributed by atoms with Crippen molar-refractivity contribution in [2.75, 3.05) is 20.2 Å². The van der Waals surface area contributed by atoms with Crippen molar-refractivity contribution in [1.82, 2.24) is 10.2 Å². The van der Waals surface area contributed by atoms with Crippen LogP contribution in [0.15, 0.2) is 24.3 Å². The number of aliphatic hydroxyl groups excluding tert-OH is 1. The Kier molecular flexibility index (Phi) is 7.25. The average molecular weight is 332 g/mol. The van der Waals surface area contributed by atoms with Gasteiger partial charge in [0.2, 0.25) is 0 Å². The maximum absolute atomic E-state index is 12.2. The highest BCUT2D eigenvalue weighted by Crippen LogP contribution is 2.27. The predicted molar refractivity (Wildman–Crippen MR) is 97.9 cm³/mol. The van der Waals surface area contributed by atoms with Crippen molar-refractivity contribution < 1.29 is 9.90 Å². The normalized spacial score (nSPS) is 21.2. The van der Waals surface area contributed by atoms with Crippen LogP contribution >= 0.6 is 0 Å². The zero-order chi connectivity index (χ0) is 17.5. The fourth-order valence-electron chi connectivity index (χ4n) is 3.40. The van der Waals surface area contributed by atoms with Gasteiger partial charge in [0.25, 0.3) is 5.91 Å². The summed E-state index contributed by atoms with van der Waals surface area (Å²) >= 11 is 0. The molecule has 134 valence electrons. The van der Waals surface area contributed by atoms with Crippen molar-refractivity contribution in [1.29, 1.82) is 0 Å². The Labute approximate surface area is 146 Å². The van der Waals surface area contributed by atoms with E-state index in [1.165, 1.54) is 5.56 Å². The Bertz CT molecular complexity index is 522. The minimum absolute atomic E-state index is 0.0108. The van der Waals surface area contributed by atoms with E-state index in [9.17, 15) is 9.90 Å². The SMILES string of the molecule is CC(C)CNC(=O)c1cccc(CN(C)C2CCC(CO)CC2)c1. The molecule has 1 aliphatic carbocycles. The third-order valence-corrected chi connectivity index (χ3v) is 4.99. The summed E-state index contributed by atoms with van der Waals surface area (Å²) in [5.74, 6) is 0.955. The molecule has 0 heterocycles. The highest BCUT2D eigenvalue weighted by Gasteiger charge is 2.23. The van der Waals surface area contributed by atoms with Gasteiger partial charge in [-0.1, -0.05) is 26.0 Å². The lowest BCUT2D eigenvalue weighted by molar-refractivity contribution is 0.0948. The molecule has 4 nitrogen and oxygen atoms in total. The van der Waals surface area contributed by atoms with E-state index >= 15 is 0 Å². The van der Waals surface area contributed by atoms with Gasteiger partial charge < -0.3 is 10.4 Å². The maximum atomic E-state index is 12.2. The van der Waals surface area contributed by atoms with E-state index in [1.54, 1.807) is 0 Å². The van der Waals surface area contributed by atoms with E-state index in [0.717, 1.165) is 37.8 Å². The summed E-state index contributed by atoms with van der Waals surface area (Å²) in [6, 6.07) is 8.52. The van der Waals surface area contributed by atoms with Crippen molar-refractivity contribution in [3.8, 4) is 0 Å². The molecule has 1 aliphatic rings. The summed E-state index contributed by atoms with van der Waals surface area (Å²) in [7, 11) is 2.16. The number of benzene rings is 1. The topological polar surface area (TPSA) is 52.6 Å². The van der Waals surface area contributed by atoms with Crippen LogP contribution in [0.3, 0.4) is 0 Å². The van der Waals surface area contributed by atoms with Crippen LogP contribution in [0.25, 0.3) is 0 Å². The zero-order valence-corrected chi connectivity index (χ0v) is 15.3. The van der Waals surface area contributed by atoms with Crippen molar-refractivity contribution in [3.05, 3.63) is 35.4 Å². The van der Waals surface area contributed by atoms with Gasteiger partial charge in [-0.05, 0) is 62.3 Å². The maximum Gasteiger partial charge on any atom is 0.251 e. The smallest absolute Gasteiger partial charge is 0.251 e. The number of amides is 1. The lowest BCUT2D eigenvalue weighted by atomic mass is 9.86. The molecule has 24 heavy (non-hydrogen) atoms. The lowest BCUT2D eigenvalue weighted by Crippen LogP contribution is -2.35. The van der Waals surface area contributed by atoms with E-state index in [2.05, 4.69) is 37.2 Å². The molecular formula is C20H32N2O2.